The fraction of sp³-hybridized carbons (Fsp3) is 0.867. The molecule has 1 aliphatic rings. The highest BCUT2D eigenvalue weighted by Gasteiger charge is 2.36. The molecule has 1 rings (SSSR count). The number of urea groups is 1. The molecule has 0 aromatic heterocycles. The van der Waals surface area contributed by atoms with Crippen molar-refractivity contribution in [1.29, 1.82) is 0 Å². The molecular formula is C15H28N2O3. The van der Waals surface area contributed by atoms with E-state index in [4.69, 9.17) is 0 Å². The van der Waals surface area contributed by atoms with E-state index in [1.165, 1.54) is 0 Å². The first-order valence-electron chi connectivity index (χ1n) is 7.58. The topological polar surface area (TPSA) is 69.6 Å². The van der Waals surface area contributed by atoms with E-state index in [1.807, 2.05) is 6.92 Å². The fourth-order valence-electron chi connectivity index (χ4n) is 2.84. The zero-order valence-electron chi connectivity index (χ0n) is 13.1. The van der Waals surface area contributed by atoms with Crippen molar-refractivity contribution >= 4 is 12.0 Å². The van der Waals surface area contributed by atoms with Crippen molar-refractivity contribution in [2.45, 2.75) is 70.9 Å². The normalized spacial score (nSPS) is 25.6. The van der Waals surface area contributed by atoms with Gasteiger partial charge in [-0.15, -0.1) is 0 Å². The number of carbonyl (C=O) groups is 2. The lowest BCUT2D eigenvalue weighted by Gasteiger charge is -2.36. The van der Waals surface area contributed by atoms with Crippen LogP contribution in [0.1, 0.15) is 59.3 Å². The van der Waals surface area contributed by atoms with E-state index >= 15 is 0 Å². The zero-order valence-corrected chi connectivity index (χ0v) is 13.1. The second kappa shape index (κ2) is 6.95. The molecular weight excluding hydrogens is 256 g/mol. The smallest absolute Gasteiger partial charge is 0.329 e. The van der Waals surface area contributed by atoms with E-state index in [1.54, 1.807) is 18.9 Å². The predicted molar refractivity (Wildman–Crippen MR) is 78.7 cm³/mol. The van der Waals surface area contributed by atoms with Gasteiger partial charge in [-0.3, -0.25) is 0 Å². The standard InChI is InChI=1S/C15H28N2O3/c1-5-10-15(3,13(18)19)16-14(20)17(4)12-8-6-11(2)7-9-12/h11-12H,5-10H2,1-4H3,(H,16,20)(H,18,19). The average molecular weight is 284 g/mol. The lowest BCUT2D eigenvalue weighted by Crippen LogP contribution is -2.57. The summed E-state index contributed by atoms with van der Waals surface area (Å²) in [6.07, 6.45) is 5.42. The SMILES string of the molecule is CCCC(C)(NC(=O)N(C)C1CCC(C)CC1)C(=O)O. The third kappa shape index (κ3) is 4.12. The Kier molecular flexibility index (Phi) is 5.84. The highest BCUT2D eigenvalue weighted by molar-refractivity contribution is 5.85. The average Bonchev–Trinajstić information content (AvgIpc) is 2.38. The van der Waals surface area contributed by atoms with Gasteiger partial charge in [-0.05, 0) is 44.9 Å². The van der Waals surface area contributed by atoms with E-state index < -0.39 is 11.5 Å². The van der Waals surface area contributed by atoms with Crippen molar-refractivity contribution in [3.05, 3.63) is 0 Å². The van der Waals surface area contributed by atoms with Crippen LogP contribution in [0.25, 0.3) is 0 Å². The van der Waals surface area contributed by atoms with Crippen LogP contribution in [0.4, 0.5) is 4.79 Å². The largest absolute Gasteiger partial charge is 0.480 e. The van der Waals surface area contributed by atoms with Crippen molar-refractivity contribution in [1.82, 2.24) is 10.2 Å². The summed E-state index contributed by atoms with van der Waals surface area (Å²) in [5.74, 6) is -0.245. The van der Waals surface area contributed by atoms with Gasteiger partial charge in [-0.25, -0.2) is 9.59 Å². The van der Waals surface area contributed by atoms with Crippen LogP contribution in [0.15, 0.2) is 0 Å². The van der Waals surface area contributed by atoms with Crippen LogP contribution in [0.5, 0.6) is 0 Å². The minimum atomic E-state index is -1.18. The summed E-state index contributed by atoms with van der Waals surface area (Å²) >= 11 is 0. The van der Waals surface area contributed by atoms with Crippen LogP contribution in [-0.2, 0) is 4.79 Å². The van der Waals surface area contributed by atoms with Crippen molar-refractivity contribution in [3.63, 3.8) is 0 Å². The van der Waals surface area contributed by atoms with Gasteiger partial charge < -0.3 is 15.3 Å². The Hall–Kier alpha value is -1.26. The predicted octanol–water partition coefficient (Wildman–Crippen LogP) is 2.85. The molecule has 0 bridgehead atoms. The van der Waals surface area contributed by atoms with Gasteiger partial charge in [-0.1, -0.05) is 20.3 Å². The van der Waals surface area contributed by atoms with Gasteiger partial charge in [0.25, 0.3) is 0 Å². The Labute approximate surface area is 121 Å². The molecule has 2 amide bonds. The molecule has 116 valence electrons. The number of aliphatic carboxylic acids is 1. The number of amides is 2. The molecule has 0 spiro atoms. The molecule has 1 saturated carbocycles. The van der Waals surface area contributed by atoms with Crippen molar-refractivity contribution in [2.75, 3.05) is 7.05 Å². The summed E-state index contributed by atoms with van der Waals surface area (Å²) in [6.45, 7) is 5.73. The Morgan fingerprint density at radius 1 is 1.30 bits per heavy atom. The molecule has 5 nitrogen and oxygen atoms in total. The second-order valence-corrected chi connectivity index (χ2v) is 6.34. The summed E-state index contributed by atoms with van der Waals surface area (Å²) in [6, 6.07) is -0.0474. The molecule has 0 aromatic carbocycles. The highest BCUT2D eigenvalue weighted by atomic mass is 16.4. The molecule has 0 aliphatic heterocycles. The maximum atomic E-state index is 12.3. The van der Waals surface area contributed by atoms with Gasteiger partial charge in [0.1, 0.15) is 5.54 Å². The van der Waals surface area contributed by atoms with Gasteiger partial charge in [0.05, 0.1) is 0 Å². The Balaban J connectivity index is 2.62. The molecule has 20 heavy (non-hydrogen) atoms. The number of nitrogens with one attached hydrogen (secondary N) is 1. The van der Waals surface area contributed by atoms with E-state index in [0.29, 0.717) is 12.8 Å². The molecule has 2 N–H and O–H groups in total. The molecule has 1 atom stereocenters. The number of carbonyl (C=O) groups excluding carboxylic acids is 1. The molecule has 0 radical (unpaired) electrons. The van der Waals surface area contributed by atoms with Crippen LogP contribution in [0.3, 0.4) is 0 Å². The van der Waals surface area contributed by atoms with Gasteiger partial charge in [0, 0.05) is 13.1 Å². The molecule has 1 fully saturated rings. The third-order valence-electron chi connectivity index (χ3n) is 4.46. The molecule has 1 aliphatic carbocycles. The quantitative estimate of drug-likeness (QED) is 0.815. The molecule has 1 unspecified atom stereocenters. The number of carboxylic acids is 1. The van der Waals surface area contributed by atoms with Crippen molar-refractivity contribution in [3.8, 4) is 0 Å². The van der Waals surface area contributed by atoms with Crippen LogP contribution in [0, 0.1) is 5.92 Å². The Morgan fingerprint density at radius 2 is 1.85 bits per heavy atom. The highest BCUT2D eigenvalue weighted by Crippen LogP contribution is 2.26. The fourth-order valence-corrected chi connectivity index (χ4v) is 2.84. The van der Waals surface area contributed by atoms with Gasteiger partial charge >= 0.3 is 12.0 Å². The summed E-state index contributed by atoms with van der Waals surface area (Å²) in [5.41, 5.74) is -1.18. The van der Waals surface area contributed by atoms with Crippen molar-refractivity contribution in [2.24, 2.45) is 5.92 Å². The van der Waals surface area contributed by atoms with Crippen molar-refractivity contribution < 1.29 is 14.7 Å². The lowest BCUT2D eigenvalue weighted by atomic mass is 9.87. The second-order valence-electron chi connectivity index (χ2n) is 6.34. The first kappa shape index (κ1) is 16.8. The number of nitrogens with zero attached hydrogens (tertiary/aromatic N) is 1. The summed E-state index contributed by atoms with van der Waals surface area (Å²) in [7, 11) is 1.77. The third-order valence-corrected chi connectivity index (χ3v) is 4.46. The van der Waals surface area contributed by atoms with Gasteiger partial charge in [0.15, 0.2) is 0 Å². The maximum absolute atomic E-state index is 12.3. The first-order valence-corrected chi connectivity index (χ1v) is 7.58. The molecule has 5 heteroatoms. The first-order chi connectivity index (χ1) is 9.30. The van der Waals surface area contributed by atoms with E-state index in [2.05, 4.69) is 12.2 Å². The number of rotatable bonds is 5. The molecule has 0 saturated heterocycles. The van der Waals surface area contributed by atoms with Crippen LogP contribution in [-0.4, -0.2) is 40.6 Å². The number of hydrogen-bond donors (Lipinski definition) is 2. The summed E-state index contributed by atoms with van der Waals surface area (Å²) < 4.78 is 0. The zero-order chi connectivity index (χ0) is 15.3. The number of carboxylic acid groups (broad SMARTS) is 1. The van der Waals surface area contributed by atoms with Crippen LogP contribution < -0.4 is 5.32 Å². The monoisotopic (exact) mass is 284 g/mol. The van der Waals surface area contributed by atoms with E-state index in [9.17, 15) is 14.7 Å². The van der Waals surface area contributed by atoms with Gasteiger partial charge in [-0.2, -0.15) is 0 Å². The Morgan fingerprint density at radius 3 is 2.30 bits per heavy atom. The van der Waals surface area contributed by atoms with Crippen LogP contribution >= 0.6 is 0 Å². The number of hydrogen-bond acceptors (Lipinski definition) is 2. The summed E-state index contributed by atoms with van der Waals surface area (Å²) in [5, 5.41) is 12.0. The van der Waals surface area contributed by atoms with E-state index in [-0.39, 0.29) is 12.1 Å². The lowest BCUT2D eigenvalue weighted by molar-refractivity contribution is -0.144. The molecule has 0 aromatic rings. The van der Waals surface area contributed by atoms with Crippen LogP contribution in [0.2, 0.25) is 0 Å². The molecule has 0 heterocycles. The Bertz CT molecular complexity index is 351. The summed E-state index contributed by atoms with van der Waals surface area (Å²) in [4.78, 5) is 25.3. The minimum absolute atomic E-state index is 0.228. The maximum Gasteiger partial charge on any atom is 0.329 e. The minimum Gasteiger partial charge on any atom is -0.480 e. The van der Waals surface area contributed by atoms with E-state index in [0.717, 1.165) is 31.6 Å². The van der Waals surface area contributed by atoms with Gasteiger partial charge in [0.2, 0.25) is 0 Å².